The van der Waals surface area contributed by atoms with Crippen LogP contribution in [0, 0.1) is 5.41 Å². The van der Waals surface area contributed by atoms with E-state index >= 15 is 0 Å². The van der Waals surface area contributed by atoms with Crippen LogP contribution in [-0.4, -0.2) is 20.7 Å². The summed E-state index contributed by atoms with van der Waals surface area (Å²) in [6.07, 6.45) is 3.55. The van der Waals surface area contributed by atoms with Gasteiger partial charge in [0.05, 0.1) is 12.3 Å². The predicted octanol–water partition coefficient (Wildman–Crippen LogP) is 1.76. The van der Waals surface area contributed by atoms with Crippen LogP contribution in [0.25, 0.3) is 0 Å². The molecule has 1 aromatic heterocycles. The Morgan fingerprint density at radius 1 is 1.54 bits per heavy atom. The fourth-order valence-corrected chi connectivity index (χ4v) is 0.966. The molecule has 0 aromatic carbocycles. The first-order valence-electron chi connectivity index (χ1n) is 4.23. The van der Waals surface area contributed by atoms with Gasteiger partial charge in [0.15, 0.2) is 0 Å². The van der Waals surface area contributed by atoms with Crippen LogP contribution in [-0.2, 0) is 6.54 Å². The van der Waals surface area contributed by atoms with Gasteiger partial charge >= 0.3 is 0 Å². The van der Waals surface area contributed by atoms with Crippen molar-refractivity contribution in [1.29, 1.82) is 0 Å². The molecule has 0 aliphatic carbocycles. The molecule has 0 saturated heterocycles. The molecule has 1 aromatic rings. The highest BCUT2D eigenvalue weighted by Gasteiger charge is 2.19. The van der Waals surface area contributed by atoms with E-state index in [1.807, 2.05) is 33.0 Å². The largest absolute Gasteiger partial charge is 0.411 e. The third-order valence-corrected chi connectivity index (χ3v) is 1.86. The summed E-state index contributed by atoms with van der Waals surface area (Å²) in [5, 5.41) is 16.1. The van der Waals surface area contributed by atoms with Crippen LogP contribution in [0.5, 0.6) is 0 Å². The molecule has 0 aliphatic rings. The highest BCUT2D eigenvalue weighted by molar-refractivity contribution is 5.88. The average Bonchev–Trinajstić information content (AvgIpc) is 2.49. The number of aromatic nitrogens is 2. The maximum atomic E-state index is 8.81. The first kappa shape index (κ1) is 9.77. The Morgan fingerprint density at radius 3 is 2.62 bits per heavy atom. The molecule has 0 amide bonds. The summed E-state index contributed by atoms with van der Waals surface area (Å²) in [5.74, 6) is 0. The Labute approximate surface area is 77.9 Å². The van der Waals surface area contributed by atoms with Crippen LogP contribution in [0.2, 0.25) is 0 Å². The Balaban J connectivity index is 2.73. The first-order valence-corrected chi connectivity index (χ1v) is 4.23. The van der Waals surface area contributed by atoms with E-state index in [1.54, 1.807) is 10.9 Å². The predicted molar refractivity (Wildman–Crippen MR) is 50.9 cm³/mol. The summed E-state index contributed by atoms with van der Waals surface area (Å²) in [7, 11) is 0. The van der Waals surface area contributed by atoms with E-state index in [-0.39, 0.29) is 5.41 Å². The molecule has 4 heteroatoms. The molecule has 0 spiro atoms. The number of rotatable bonds is 2. The summed E-state index contributed by atoms with van der Waals surface area (Å²) in [6.45, 7) is 6.55. The SMILES string of the molecule is CC(C)(C)/C(Cn1cccn1)=N\O. The average molecular weight is 181 g/mol. The number of hydrogen-bond acceptors (Lipinski definition) is 3. The van der Waals surface area contributed by atoms with Gasteiger partial charge in [0.25, 0.3) is 0 Å². The van der Waals surface area contributed by atoms with Gasteiger partial charge in [-0.15, -0.1) is 0 Å². The number of oxime groups is 1. The second kappa shape index (κ2) is 3.60. The lowest BCUT2D eigenvalue weighted by Crippen LogP contribution is -2.25. The minimum absolute atomic E-state index is 0.124. The van der Waals surface area contributed by atoms with Crippen molar-refractivity contribution < 1.29 is 5.21 Å². The molecule has 0 fully saturated rings. The topological polar surface area (TPSA) is 50.4 Å². The van der Waals surface area contributed by atoms with Crippen molar-refractivity contribution in [1.82, 2.24) is 9.78 Å². The van der Waals surface area contributed by atoms with E-state index in [2.05, 4.69) is 10.3 Å². The van der Waals surface area contributed by atoms with Crippen molar-refractivity contribution in [2.24, 2.45) is 10.6 Å². The number of nitrogens with zero attached hydrogens (tertiary/aromatic N) is 3. The van der Waals surface area contributed by atoms with Crippen molar-refractivity contribution in [3.05, 3.63) is 18.5 Å². The van der Waals surface area contributed by atoms with Gasteiger partial charge in [-0.25, -0.2) is 0 Å². The van der Waals surface area contributed by atoms with Crippen molar-refractivity contribution in [3.8, 4) is 0 Å². The van der Waals surface area contributed by atoms with E-state index in [0.29, 0.717) is 6.54 Å². The van der Waals surface area contributed by atoms with E-state index in [9.17, 15) is 0 Å². The van der Waals surface area contributed by atoms with E-state index in [0.717, 1.165) is 5.71 Å². The summed E-state index contributed by atoms with van der Waals surface area (Å²) >= 11 is 0. The van der Waals surface area contributed by atoms with Crippen molar-refractivity contribution >= 4 is 5.71 Å². The molecule has 0 radical (unpaired) electrons. The quantitative estimate of drug-likeness (QED) is 0.429. The van der Waals surface area contributed by atoms with E-state index < -0.39 is 0 Å². The van der Waals surface area contributed by atoms with Crippen molar-refractivity contribution in [2.75, 3.05) is 0 Å². The Kier molecular flexibility index (Phi) is 2.70. The molecule has 0 unspecified atom stereocenters. The van der Waals surface area contributed by atoms with Crippen LogP contribution in [0.3, 0.4) is 0 Å². The molecule has 72 valence electrons. The zero-order valence-electron chi connectivity index (χ0n) is 8.23. The third-order valence-electron chi connectivity index (χ3n) is 1.86. The molecule has 4 nitrogen and oxygen atoms in total. The highest BCUT2D eigenvalue weighted by atomic mass is 16.4. The smallest absolute Gasteiger partial charge is 0.0838 e. The van der Waals surface area contributed by atoms with Gasteiger partial charge in [0.1, 0.15) is 0 Å². The zero-order chi connectivity index (χ0) is 9.90. The van der Waals surface area contributed by atoms with Gasteiger partial charge in [0, 0.05) is 17.8 Å². The standard InChI is InChI=1S/C9H15N3O/c1-9(2,3)8(11-13)7-12-6-4-5-10-12/h4-6,13H,7H2,1-3H3/b11-8-. The van der Waals surface area contributed by atoms with Crippen molar-refractivity contribution in [3.63, 3.8) is 0 Å². The van der Waals surface area contributed by atoms with Gasteiger partial charge in [-0.3, -0.25) is 4.68 Å². The maximum absolute atomic E-state index is 8.81. The monoisotopic (exact) mass is 181 g/mol. The van der Waals surface area contributed by atoms with Crippen LogP contribution >= 0.6 is 0 Å². The normalized spacial score (nSPS) is 13.3. The van der Waals surface area contributed by atoms with Crippen molar-refractivity contribution in [2.45, 2.75) is 27.3 Å². The Morgan fingerprint density at radius 2 is 2.23 bits per heavy atom. The Bertz CT molecular complexity index is 282. The molecule has 1 N–H and O–H groups in total. The number of hydrogen-bond donors (Lipinski definition) is 1. The lowest BCUT2D eigenvalue weighted by atomic mass is 9.90. The second-order valence-corrected chi connectivity index (χ2v) is 4.00. The zero-order valence-corrected chi connectivity index (χ0v) is 8.23. The highest BCUT2D eigenvalue weighted by Crippen LogP contribution is 2.16. The van der Waals surface area contributed by atoms with Gasteiger partial charge in [-0.2, -0.15) is 5.10 Å². The lowest BCUT2D eigenvalue weighted by Gasteiger charge is -2.19. The van der Waals surface area contributed by atoms with Gasteiger partial charge in [-0.1, -0.05) is 25.9 Å². The van der Waals surface area contributed by atoms with Crippen LogP contribution in [0.15, 0.2) is 23.6 Å². The summed E-state index contributed by atoms with van der Waals surface area (Å²) in [4.78, 5) is 0. The maximum Gasteiger partial charge on any atom is 0.0838 e. The van der Waals surface area contributed by atoms with Gasteiger partial charge < -0.3 is 5.21 Å². The molecule has 1 heterocycles. The summed E-state index contributed by atoms with van der Waals surface area (Å²) in [5.41, 5.74) is 0.594. The minimum Gasteiger partial charge on any atom is -0.411 e. The van der Waals surface area contributed by atoms with Crippen LogP contribution in [0.1, 0.15) is 20.8 Å². The van der Waals surface area contributed by atoms with E-state index in [4.69, 9.17) is 5.21 Å². The van der Waals surface area contributed by atoms with Crippen LogP contribution in [0.4, 0.5) is 0 Å². The van der Waals surface area contributed by atoms with Gasteiger partial charge in [-0.05, 0) is 6.07 Å². The molecular weight excluding hydrogens is 166 g/mol. The summed E-state index contributed by atoms with van der Waals surface area (Å²) < 4.78 is 1.74. The van der Waals surface area contributed by atoms with Gasteiger partial charge in [0.2, 0.25) is 0 Å². The van der Waals surface area contributed by atoms with E-state index in [1.165, 1.54) is 0 Å². The molecule has 0 atom stereocenters. The third kappa shape index (κ3) is 2.57. The lowest BCUT2D eigenvalue weighted by molar-refractivity contribution is 0.307. The fraction of sp³-hybridized carbons (Fsp3) is 0.556. The van der Waals surface area contributed by atoms with Crippen LogP contribution < -0.4 is 0 Å². The second-order valence-electron chi connectivity index (χ2n) is 4.00. The molecule has 0 aliphatic heterocycles. The molecule has 1 rings (SSSR count). The minimum atomic E-state index is -0.124. The fourth-order valence-electron chi connectivity index (χ4n) is 0.966. The Hall–Kier alpha value is -1.32. The molecule has 0 bridgehead atoms. The first-order chi connectivity index (χ1) is 6.04. The summed E-state index contributed by atoms with van der Waals surface area (Å²) in [6, 6.07) is 1.84. The molecular formula is C9H15N3O. The molecule has 0 saturated carbocycles. The molecule has 13 heavy (non-hydrogen) atoms.